The third-order valence-corrected chi connectivity index (χ3v) is 4.85. The lowest BCUT2D eigenvalue weighted by molar-refractivity contribution is -0.132. The molecule has 2 unspecified atom stereocenters. The van der Waals surface area contributed by atoms with Crippen molar-refractivity contribution in [1.82, 2.24) is 10.6 Å². The molecule has 0 aromatic rings. The number of rotatable bonds is 10. The number of aliphatic hydroxyl groups is 2. The number of amides is 2. The summed E-state index contributed by atoms with van der Waals surface area (Å²) in [4.78, 5) is 24.8. The van der Waals surface area contributed by atoms with Gasteiger partial charge in [0.25, 0.3) is 0 Å². The van der Waals surface area contributed by atoms with E-state index in [4.69, 9.17) is 0 Å². The first-order valence-corrected chi connectivity index (χ1v) is 8.81. The maximum atomic E-state index is 12.4. The smallest absolute Gasteiger partial charge is 0.224 e. The second kappa shape index (κ2) is 9.79. The van der Waals surface area contributed by atoms with E-state index in [0.717, 1.165) is 25.7 Å². The summed E-state index contributed by atoms with van der Waals surface area (Å²) in [6.07, 6.45) is 5.59. The maximum absolute atomic E-state index is 12.4. The summed E-state index contributed by atoms with van der Waals surface area (Å²) in [5.41, 5.74) is -0.530. The van der Waals surface area contributed by atoms with Gasteiger partial charge in [0.15, 0.2) is 0 Å². The van der Waals surface area contributed by atoms with Crippen LogP contribution in [0.4, 0.5) is 0 Å². The van der Waals surface area contributed by atoms with E-state index in [1.54, 1.807) is 6.08 Å². The first kappa shape index (κ1) is 20.6. The van der Waals surface area contributed by atoms with Gasteiger partial charge < -0.3 is 20.8 Å². The van der Waals surface area contributed by atoms with Crippen molar-refractivity contribution in [3.63, 3.8) is 0 Å². The molecule has 1 fully saturated rings. The van der Waals surface area contributed by atoms with Gasteiger partial charge in [-0.2, -0.15) is 0 Å². The Labute approximate surface area is 144 Å². The van der Waals surface area contributed by atoms with Gasteiger partial charge in [-0.15, -0.1) is 6.58 Å². The molecule has 0 saturated heterocycles. The number of hydrogen-bond donors (Lipinski definition) is 4. The first-order chi connectivity index (χ1) is 11.4. The molecule has 0 spiro atoms. The Bertz CT molecular complexity index is 431. The highest BCUT2D eigenvalue weighted by molar-refractivity contribution is 5.86. The average Bonchev–Trinajstić information content (AvgIpc) is 3.00. The summed E-state index contributed by atoms with van der Waals surface area (Å²) in [5, 5.41) is 24.7. The minimum absolute atomic E-state index is 0.0514. The fraction of sp³-hybridized carbons (Fsp3) is 0.778. The standard InChI is InChI=1S/C18H32N2O4/c1-4-7-14(17(24)19-15(11-21)13(2)3)10-16(23)20-18(12-22)8-5-6-9-18/h4,13-15,21-22H,1,5-12H2,2-3H3,(H,19,24)(H,20,23). The lowest BCUT2D eigenvalue weighted by Gasteiger charge is -2.29. The molecule has 0 radical (unpaired) electrons. The Morgan fingerprint density at radius 3 is 2.33 bits per heavy atom. The highest BCUT2D eigenvalue weighted by atomic mass is 16.3. The summed E-state index contributed by atoms with van der Waals surface area (Å²) in [6, 6.07) is -0.327. The molecule has 0 aliphatic heterocycles. The van der Waals surface area contributed by atoms with Crippen LogP contribution in [0.3, 0.4) is 0 Å². The molecule has 0 aromatic heterocycles. The summed E-state index contributed by atoms with van der Waals surface area (Å²) in [6.45, 7) is 7.29. The molecule has 1 aliphatic carbocycles. The Kier molecular flexibility index (Phi) is 8.42. The Morgan fingerprint density at radius 1 is 1.25 bits per heavy atom. The van der Waals surface area contributed by atoms with E-state index in [1.165, 1.54) is 0 Å². The number of nitrogens with one attached hydrogen (secondary N) is 2. The van der Waals surface area contributed by atoms with Crippen molar-refractivity contribution in [2.24, 2.45) is 11.8 Å². The van der Waals surface area contributed by atoms with Gasteiger partial charge in [-0.25, -0.2) is 0 Å². The third kappa shape index (κ3) is 5.91. The minimum atomic E-state index is -0.530. The van der Waals surface area contributed by atoms with Crippen molar-refractivity contribution in [2.75, 3.05) is 13.2 Å². The molecule has 24 heavy (non-hydrogen) atoms. The lowest BCUT2D eigenvalue weighted by atomic mass is 9.95. The summed E-state index contributed by atoms with van der Waals surface area (Å²) in [7, 11) is 0. The fourth-order valence-electron chi connectivity index (χ4n) is 3.15. The van der Waals surface area contributed by atoms with Crippen LogP contribution in [0, 0.1) is 11.8 Å². The molecule has 2 amide bonds. The maximum Gasteiger partial charge on any atom is 0.224 e. The summed E-state index contributed by atoms with van der Waals surface area (Å²) >= 11 is 0. The molecule has 6 nitrogen and oxygen atoms in total. The van der Waals surface area contributed by atoms with E-state index < -0.39 is 11.5 Å². The number of carbonyl (C=O) groups excluding carboxylic acids is 2. The molecule has 0 heterocycles. The fourth-order valence-corrected chi connectivity index (χ4v) is 3.15. The molecule has 2 atom stereocenters. The van der Waals surface area contributed by atoms with Crippen LogP contribution in [0.5, 0.6) is 0 Å². The quantitative estimate of drug-likeness (QED) is 0.448. The number of hydrogen-bond acceptors (Lipinski definition) is 4. The van der Waals surface area contributed by atoms with Gasteiger partial charge in [0, 0.05) is 6.42 Å². The highest BCUT2D eigenvalue weighted by Crippen LogP contribution is 2.29. The zero-order valence-corrected chi connectivity index (χ0v) is 14.9. The number of allylic oxidation sites excluding steroid dienone is 1. The van der Waals surface area contributed by atoms with E-state index in [0.29, 0.717) is 6.42 Å². The van der Waals surface area contributed by atoms with Gasteiger partial charge in [-0.05, 0) is 25.2 Å². The molecule has 138 valence electrons. The van der Waals surface area contributed by atoms with Crippen LogP contribution in [-0.2, 0) is 9.59 Å². The minimum Gasteiger partial charge on any atom is -0.394 e. The predicted octanol–water partition coefficient (Wildman–Crippen LogP) is 1.12. The van der Waals surface area contributed by atoms with Crippen molar-refractivity contribution < 1.29 is 19.8 Å². The van der Waals surface area contributed by atoms with Crippen LogP contribution in [0.2, 0.25) is 0 Å². The van der Waals surface area contributed by atoms with E-state index in [-0.39, 0.29) is 43.4 Å². The van der Waals surface area contributed by atoms with E-state index >= 15 is 0 Å². The largest absolute Gasteiger partial charge is 0.394 e. The second-order valence-corrected chi connectivity index (χ2v) is 7.16. The monoisotopic (exact) mass is 340 g/mol. The van der Waals surface area contributed by atoms with Gasteiger partial charge in [0.1, 0.15) is 0 Å². The van der Waals surface area contributed by atoms with E-state index in [1.807, 2.05) is 13.8 Å². The molecule has 0 bridgehead atoms. The molecular formula is C18H32N2O4. The lowest BCUT2D eigenvalue weighted by Crippen LogP contribution is -2.50. The zero-order valence-electron chi connectivity index (χ0n) is 14.9. The van der Waals surface area contributed by atoms with Gasteiger partial charge in [0.05, 0.1) is 30.7 Å². The topological polar surface area (TPSA) is 98.7 Å². The molecule has 4 N–H and O–H groups in total. The van der Waals surface area contributed by atoms with E-state index in [9.17, 15) is 19.8 Å². The number of aliphatic hydroxyl groups excluding tert-OH is 2. The molecule has 6 heteroatoms. The Balaban J connectivity index is 2.65. The number of carbonyl (C=O) groups is 2. The second-order valence-electron chi connectivity index (χ2n) is 7.16. The van der Waals surface area contributed by atoms with Crippen LogP contribution in [-0.4, -0.2) is 46.8 Å². The average molecular weight is 340 g/mol. The molecule has 1 rings (SSSR count). The summed E-state index contributed by atoms with van der Waals surface area (Å²) < 4.78 is 0. The van der Waals surface area contributed by atoms with Crippen LogP contribution < -0.4 is 10.6 Å². The SMILES string of the molecule is C=CCC(CC(=O)NC1(CO)CCCC1)C(=O)NC(CO)C(C)C. The van der Waals surface area contributed by atoms with Gasteiger partial charge in [-0.3, -0.25) is 9.59 Å². The van der Waals surface area contributed by atoms with Gasteiger partial charge in [0.2, 0.25) is 11.8 Å². The molecule has 1 aliphatic rings. The van der Waals surface area contributed by atoms with Crippen molar-refractivity contribution in [2.45, 2.75) is 64.0 Å². The predicted molar refractivity (Wildman–Crippen MR) is 93.2 cm³/mol. The van der Waals surface area contributed by atoms with Crippen molar-refractivity contribution in [1.29, 1.82) is 0 Å². The Hall–Kier alpha value is -1.40. The van der Waals surface area contributed by atoms with Crippen molar-refractivity contribution in [3.05, 3.63) is 12.7 Å². The highest BCUT2D eigenvalue weighted by Gasteiger charge is 2.35. The van der Waals surface area contributed by atoms with Crippen LogP contribution in [0.1, 0.15) is 52.4 Å². The Morgan fingerprint density at radius 2 is 1.88 bits per heavy atom. The molecule has 0 aromatic carbocycles. The van der Waals surface area contributed by atoms with Gasteiger partial charge in [-0.1, -0.05) is 32.8 Å². The van der Waals surface area contributed by atoms with Crippen LogP contribution >= 0.6 is 0 Å². The van der Waals surface area contributed by atoms with Crippen molar-refractivity contribution in [3.8, 4) is 0 Å². The molecule has 1 saturated carbocycles. The molecular weight excluding hydrogens is 308 g/mol. The van der Waals surface area contributed by atoms with Crippen molar-refractivity contribution >= 4 is 11.8 Å². The van der Waals surface area contributed by atoms with Crippen LogP contribution in [0.15, 0.2) is 12.7 Å². The third-order valence-electron chi connectivity index (χ3n) is 4.85. The summed E-state index contributed by atoms with van der Waals surface area (Å²) in [5.74, 6) is -0.888. The zero-order chi connectivity index (χ0) is 18.2. The first-order valence-electron chi connectivity index (χ1n) is 8.81. The van der Waals surface area contributed by atoms with Crippen LogP contribution in [0.25, 0.3) is 0 Å². The van der Waals surface area contributed by atoms with Gasteiger partial charge >= 0.3 is 0 Å². The normalized spacial score (nSPS) is 18.9. The van der Waals surface area contributed by atoms with E-state index in [2.05, 4.69) is 17.2 Å².